The Bertz CT molecular complexity index is 944. The molecule has 1 aliphatic rings. The van der Waals surface area contributed by atoms with E-state index in [0.717, 1.165) is 27.4 Å². The molecule has 4 rings (SSSR count). The molecule has 144 valence electrons. The molecule has 0 bridgehead atoms. The molecule has 2 unspecified atom stereocenters. The van der Waals surface area contributed by atoms with Crippen molar-refractivity contribution in [3.05, 3.63) is 99.5 Å². The first-order valence-corrected chi connectivity index (χ1v) is 9.90. The zero-order valence-corrected chi connectivity index (χ0v) is 16.8. The smallest absolute Gasteiger partial charge is 0.136 e. The topological polar surface area (TPSA) is 58.5 Å². The zero-order chi connectivity index (χ0) is 19.7. The number of nitrogens with two attached hydrogens (primary N) is 2. The normalized spacial score (nSPS) is 19.5. The molecule has 0 fully saturated rings. The van der Waals surface area contributed by atoms with Gasteiger partial charge in [-0.25, -0.2) is 4.90 Å². The van der Waals surface area contributed by atoms with Crippen LogP contribution >= 0.6 is 23.2 Å². The Hall–Kier alpha value is -2.08. The average molecular weight is 413 g/mol. The van der Waals surface area contributed by atoms with E-state index in [-0.39, 0.29) is 12.5 Å². The maximum Gasteiger partial charge on any atom is 0.136 e. The molecule has 0 saturated heterocycles. The molecule has 1 aliphatic heterocycles. The minimum absolute atomic E-state index is 0.289. The highest BCUT2D eigenvalue weighted by Crippen LogP contribution is 2.36. The van der Waals surface area contributed by atoms with E-state index in [4.69, 9.17) is 34.7 Å². The number of hydrogen-bond donors (Lipinski definition) is 2. The number of benzene rings is 3. The molecule has 4 N–H and O–H groups in total. The second-order valence-corrected chi connectivity index (χ2v) is 7.84. The van der Waals surface area contributed by atoms with Crippen molar-refractivity contribution >= 4 is 28.9 Å². The molecule has 0 spiro atoms. The predicted octanol–water partition coefficient (Wildman–Crippen LogP) is 4.72. The monoisotopic (exact) mass is 412 g/mol. The molecule has 6 heteroatoms. The van der Waals surface area contributed by atoms with Gasteiger partial charge in [-0.15, -0.1) is 0 Å². The average Bonchev–Trinajstić information content (AvgIpc) is 2.71. The highest BCUT2D eigenvalue weighted by Gasteiger charge is 2.35. The summed E-state index contributed by atoms with van der Waals surface area (Å²) in [5, 5.41) is 1.43. The minimum atomic E-state index is -0.365. The molecule has 0 aromatic heterocycles. The van der Waals surface area contributed by atoms with E-state index in [0.29, 0.717) is 18.1 Å². The third-order valence-corrected chi connectivity index (χ3v) is 5.63. The minimum Gasteiger partial charge on any atom is -0.339 e. The molecule has 3 aromatic rings. The summed E-state index contributed by atoms with van der Waals surface area (Å²) in [7, 11) is 0. The van der Waals surface area contributed by atoms with Crippen LogP contribution in [0.3, 0.4) is 0 Å². The lowest BCUT2D eigenvalue weighted by molar-refractivity contribution is 0.112. The molecule has 2 atom stereocenters. The van der Waals surface area contributed by atoms with Crippen LogP contribution in [0.4, 0.5) is 5.69 Å². The molecular formula is C22H22Cl2N4. The van der Waals surface area contributed by atoms with Crippen LogP contribution in [0.1, 0.15) is 22.9 Å². The number of halogens is 2. The van der Waals surface area contributed by atoms with Crippen LogP contribution in [-0.2, 0) is 13.1 Å². The molecular weight excluding hydrogens is 391 g/mol. The molecule has 4 nitrogen and oxygen atoms in total. The largest absolute Gasteiger partial charge is 0.339 e. The number of nitrogens with zero attached hydrogens (tertiary/aromatic N) is 2. The Labute approximate surface area is 175 Å². The lowest BCUT2D eigenvalue weighted by Crippen LogP contribution is -2.59. The molecule has 3 aromatic carbocycles. The van der Waals surface area contributed by atoms with E-state index in [1.54, 1.807) is 0 Å². The molecule has 0 amide bonds. The van der Waals surface area contributed by atoms with Gasteiger partial charge < -0.3 is 10.6 Å². The van der Waals surface area contributed by atoms with Crippen molar-refractivity contribution < 1.29 is 0 Å². The highest BCUT2D eigenvalue weighted by molar-refractivity contribution is 6.30. The zero-order valence-electron chi connectivity index (χ0n) is 15.3. The number of rotatable bonds is 4. The molecule has 0 saturated carbocycles. The molecule has 0 radical (unpaired) electrons. The summed E-state index contributed by atoms with van der Waals surface area (Å²) < 4.78 is 0. The van der Waals surface area contributed by atoms with Crippen molar-refractivity contribution in [2.45, 2.75) is 25.5 Å². The summed E-state index contributed by atoms with van der Waals surface area (Å²) in [6.45, 7) is 1.30. The van der Waals surface area contributed by atoms with Crippen LogP contribution in [0.5, 0.6) is 0 Å². The van der Waals surface area contributed by atoms with Crippen LogP contribution < -0.4 is 16.4 Å². The highest BCUT2D eigenvalue weighted by atomic mass is 35.5. The van der Waals surface area contributed by atoms with E-state index < -0.39 is 0 Å². The van der Waals surface area contributed by atoms with E-state index >= 15 is 0 Å². The third kappa shape index (κ3) is 3.88. The van der Waals surface area contributed by atoms with Crippen molar-refractivity contribution in [1.82, 2.24) is 4.90 Å². The first kappa shape index (κ1) is 19.2. The SMILES string of the molecule is NC1c2ccccc2N(Cc2ccc(Cl)cc2)C(N)N1Cc1ccc(Cl)cc1. The summed E-state index contributed by atoms with van der Waals surface area (Å²) in [5.74, 6) is 0. The lowest BCUT2D eigenvalue weighted by Gasteiger charge is -2.47. The number of hydrogen-bond acceptors (Lipinski definition) is 4. The molecule has 1 heterocycles. The first-order valence-electron chi connectivity index (χ1n) is 9.14. The van der Waals surface area contributed by atoms with Gasteiger partial charge in [-0.2, -0.15) is 0 Å². The second-order valence-electron chi connectivity index (χ2n) is 6.97. The van der Waals surface area contributed by atoms with E-state index in [2.05, 4.69) is 21.9 Å². The Balaban J connectivity index is 1.67. The summed E-state index contributed by atoms with van der Waals surface area (Å²) >= 11 is 12.1. The van der Waals surface area contributed by atoms with E-state index in [1.165, 1.54) is 0 Å². The van der Waals surface area contributed by atoms with E-state index in [9.17, 15) is 0 Å². The molecule has 28 heavy (non-hydrogen) atoms. The maximum atomic E-state index is 6.70. The third-order valence-electron chi connectivity index (χ3n) is 5.13. The van der Waals surface area contributed by atoms with Crippen LogP contribution in [0.25, 0.3) is 0 Å². The van der Waals surface area contributed by atoms with Crippen molar-refractivity contribution in [3.63, 3.8) is 0 Å². The standard InChI is InChI=1S/C22H22Cl2N4/c23-17-9-5-15(6-10-17)13-27-20-4-2-1-3-19(20)21(25)28(22(27)26)14-16-7-11-18(24)12-8-16/h1-12,21-22H,13-14,25-26H2. The van der Waals surface area contributed by atoms with E-state index in [1.807, 2.05) is 60.7 Å². The quantitative estimate of drug-likeness (QED) is 0.650. The summed E-state index contributed by atoms with van der Waals surface area (Å²) in [4.78, 5) is 4.28. The fourth-order valence-corrected chi connectivity index (χ4v) is 3.87. The number of anilines is 1. The predicted molar refractivity (Wildman–Crippen MR) is 116 cm³/mol. The van der Waals surface area contributed by atoms with Gasteiger partial charge in [-0.3, -0.25) is 5.73 Å². The van der Waals surface area contributed by atoms with Gasteiger partial charge in [0.15, 0.2) is 0 Å². The summed E-state index contributed by atoms with van der Waals surface area (Å²) in [5.41, 5.74) is 17.7. The Kier molecular flexibility index (Phi) is 5.58. The van der Waals surface area contributed by atoms with Crippen LogP contribution in [0.15, 0.2) is 72.8 Å². The van der Waals surface area contributed by atoms with Crippen molar-refractivity contribution in [2.24, 2.45) is 11.5 Å². The second kappa shape index (κ2) is 8.11. The van der Waals surface area contributed by atoms with Gasteiger partial charge in [0.1, 0.15) is 6.29 Å². The van der Waals surface area contributed by atoms with Gasteiger partial charge in [0.05, 0.1) is 6.17 Å². The Morgan fingerprint density at radius 1 is 0.714 bits per heavy atom. The Morgan fingerprint density at radius 3 is 1.86 bits per heavy atom. The van der Waals surface area contributed by atoms with Crippen molar-refractivity contribution in [1.29, 1.82) is 0 Å². The summed E-state index contributed by atoms with van der Waals surface area (Å²) in [6, 6.07) is 23.8. The van der Waals surface area contributed by atoms with Gasteiger partial charge >= 0.3 is 0 Å². The number of fused-ring (bicyclic) bond motifs is 1. The van der Waals surface area contributed by atoms with Gasteiger partial charge in [0.25, 0.3) is 0 Å². The summed E-state index contributed by atoms with van der Waals surface area (Å²) in [6.07, 6.45) is -0.653. The fraction of sp³-hybridized carbons (Fsp3) is 0.182. The van der Waals surface area contributed by atoms with Crippen molar-refractivity contribution in [2.75, 3.05) is 4.90 Å². The van der Waals surface area contributed by atoms with Gasteiger partial charge in [-0.05, 0) is 41.5 Å². The first-order chi connectivity index (χ1) is 13.5. The van der Waals surface area contributed by atoms with Gasteiger partial charge in [-0.1, -0.05) is 65.7 Å². The lowest BCUT2D eigenvalue weighted by atomic mass is 10.0. The van der Waals surface area contributed by atoms with Crippen LogP contribution in [0, 0.1) is 0 Å². The van der Waals surface area contributed by atoms with Crippen LogP contribution in [0.2, 0.25) is 10.0 Å². The van der Waals surface area contributed by atoms with Crippen molar-refractivity contribution in [3.8, 4) is 0 Å². The van der Waals surface area contributed by atoms with Crippen LogP contribution in [-0.4, -0.2) is 11.2 Å². The van der Waals surface area contributed by atoms with Gasteiger partial charge in [0.2, 0.25) is 0 Å². The maximum absolute atomic E-state index is 6.70. The van der Waals surface area contributed by atoms with Gasteiger partial charge in [0, 0.05) is 34.4 Å². The number of para-hydroxylation sites is 1. The Morgan fingerprint density at radius 2 is 1.25 bits per heavy atom. The fourth-order valence-electron chi connectivity index (χ4n) is 3.62. The molecule has 0 aliphatic carbocycles.